The number of carbonyl (C=O) groups is 2. The Kier molecular flexibility index (Phi) is 4.86. The molecule has 0 atom stereocenters. The lowest BCUT2D eigenvalue weighted by molar-refractivity contribution is 0.100. The Hall–Kier alpha value is -4.26. The molecule has 7 heteroatoms. The lowest BCUT2D eigenvalue weighted by atomic mass is 10.1. The van der Waals surface area contributed by atoms with E-state index in [1.807, 2.05) is 6.07 Å². The van der Waals surface area contributed by atoms with Crippen LogP contribution in [-0.2, 0) is 0 Å². The largest absolute Gasteiger partial charge is 0.322 e. The number of fused-ring (bicyclic) bond motifs is 1. The predicted molar refractivity (Wildman–Crippen MR) is 111 cm³/mol. The third-order valence-electron chi connectivity index (χ3n) is 4.33. The van der Waals surface area contributed by atoms with Gasteiger partial charge in [0.1, 0.15) is 6.33 Å². The van der Waals surface area contributed by atoms with Gasteiger partial charge in [-0.05, 0) is 48.5 Å². The van der Waals surface area contributed by atoms with Gasteiger partial charge in [-0.15, -0.1) is 0 Å². The van der Waals surface area contributed by atoms with Crippen molar-refractivity contribution in [1.29, 1.82) is 0 Å². The van der Waals surface area contributed by atoms with E-state index in [9.17, 15) is 14.4 Å². The molecule has 2 amide bonds. The Balaban J connectivity index is 1.48. The summed E-state index contributed by atoms with van der Waals surface area (Å²) in [4.78, 5) is 41.3. The van der Waals surface area contributed by atoms with Crippen LogP contribution in [0.2, 0.25) is 0 Å². The average molecular weight is 384 g/mol. The molecule has 0 saturated heterocycles. The van der Waals surface area contributed by atoms with E-state index in [-0.39, 0.29) is 11.5 Å². The minimum atomic E-state index is -0.467. The van der Waals surface area contributed by atoms with E-state index in [4.69, 9.17) is 0 Å². The van der Waals surface area contributed by atoms with Crippen LogP contribution in [0.3, 0.4) is 0 Å². The van der Waals surface area contributed by atoms with Crippen molar-refractivity contribution in [3.8, 4) is 0 Å². The highest BCUT2D eigenvalue weighted by Crippen LogP contribution is 2.12. The first-order valence-corrected chi connectivity index (χ1v) is 8.86. The molecule has 4 aromatic rings. The van der Waals surface area contributed by atoms with Crippen molar-refractivity contribution in [2.24, 2.45) is 0 Å². The number of anilines is 1. The van der Waals surface area contributed by atoms with E-state index in [1.165, 1.54) is 6.33 Å². The molecule has 0 bridgehead atoms. The van der Waals surface area contributed by atoms with Crippen LogP contribution in [0.4, 0.5) is 5.69 Å². The summed E-state index contributed by atoms with van der Waals surface area (Å²) in [6.07, 6.45) is 1.27. The first-order chi connectivity index (χ1) is 14.1. The Labute approximate surface area is 165 Å². The van der Waals surface area contributed by atoms with Gasteiger partial charge >= 0.3 is 0 Å². The molecule has 0 aliphatic heterocycles. The summed E-state index contributed by atoms with van der Waals surface area (Å²) < 4.78 is 1.05. The van der Waals surface area contributed by atoms with Crippen molar-refractivity contribution < 1.29 is 9.59 Å². The Morgan fingerprint density at radius 1 is 0.759 bits per heavy atom. The molecule has 0 aliphatic rings. The van der Waals surface area contributed by atoms with E-state index in [0.29, 0.717) is 27.7 Å². The minimum absolute atomic E-state index is 0.239. The molecule has 29 heavy (non-hydrogen) atoms. The molecule has 142 valence electrons. The van der Waals surface area contributed by atoms with Gasteiger partial charge in [0.05, 0.1) is 10.9 Å². The van der Waals surface area contributed by atoms with E-state index < -0.39 is 5.91 Å². The molecule has 0 aliphatic carbocycles. The SMILES string of the molecule is O=C(Nc1ccc(C(=O)Nn2cnc3ccccc3c2=O)cc1)c1ccccc1. The molecule has 7 nitrogen and oxygen atoms in total. The topological polar surface area (TPSA) is 93.1 Å². The van der Waals surface area contributed by atoms with Crippen LogP contribution in [0.1, 0.15) is 20.7 Å². The van der Waals surface area contributed by atoms with Crippen molar-refractivity contribution in [2.45, 2.75) is 0 Å². The van der Waals surface area contributed by atoms with E-state index in [0.717, 1.165) is 4.68 Å². The van der Waals surface area contributed by atoms with Gasteiger partial charge in [0.25, 0.3) is 17.4 Å². The zero-order chi connectivity index (χ0) is 20.2. The van der Waals surface area contributed by atoms with E-state index in [2.05, 4.69) is 15.7 Å². The molecule has 4 rings (SSSR count). The second-order valence-electron chi connectivity index (χ2n) is 6.28. The molecule has 1 heterocycles. The minimum Gasteiger partial charge on any atom is -0.322 e. The van der Waals surface area contributed by atoms with Crippen LogP contribution in [-0.4, -0.2) is 21.5 Å². The quantitative estimate of drug-likeness (QED) is 0.566. The number of aromatic nitrogens is 2. The number of nitrogens with one attached hydrogen (secondary N) is 2. The number of para-hydroxylation sites is 1. The Morgan fingerprint density at radius 2 is 1.41 bits per heavy atom. The maximum absolute atomic E-state index is 12.5. The molecule has 0 fully saturated rings. The maximum atomic E-state index is 12.5. The maximum Gasteiger partial charge on any atom is 0.280 e. The zero-order valence-electron chi connectivity index (χ0n) is 15.2. The number of carbonyl (C=O) groups excluding carboxylic acids is 2. The van der Waals surface area contributed by atoms with Crippen molar-refractivity contribution in [1.82, 2.24) is 9.66 Å². The van der Waals surface area contributed by atoms with Gasteiger partial charge in [0.2, 0.25) is 0 Å². The monoisotopic (exact) mass is 384 g/mol. The number of benzene rings is 3. The van der Waals surface area contributed by atoms with Crippen LogP contribution in [0, 0.1) is 0 Å². The van der Waals surface area contributed by atoms with Crippen LogP contribution in [0.15, 0.2) is 90.0 Å². The van der Waals surface area contributed by atoms with Gasteiger partial charge < -0.3 is 5.32 Å². The molecule has 2 N–H and O–H groups in total. The average Bonchev–Trinajstić information content (AvgIpc) is 2.77. The number of hydrogen-bond donors (Lipinski definition) is 2. The van der Waals surface area contributed by atoms with Crippen LogP contribution in [0.25, 0.3) is 10.9 Å². The lowest BCUT2D eigenvalue weighted by Gasteiger charge is -2.09. The summed E-state index contributed by atoms with van der Waals surface area (Å²) >= 11 is 0. The highest BCUT2D eigenvalue weighted by Gasteiger charge is 2.10. The zero-order valence-corrected chi connectivity index (χ0v) is 15.2. The van der Waals surface area contributed by atoms with Gasteiger partial charge in [-0.25, -0.2) is 9.66 Å². The fourth-order valence-corrected chi connectivity index (χ4v) is 2.82. The summed E-state index contributed by atoms with van der Waals surface area (Å²) in [5.74, 6) is -0.707. The predicted octanol–water partition coefficient (Wildman–Crippen LogP) is 3.03. The molecule has 3 aromatic carbocycles. The first kappa shape index (κ1) is 18.1. The standard InChI is InChI=1S/C22H16N4O3/c27-20(15-6-2-1-3-7-15)24-17-12-10-16(11-13-17)21(28)25-26-14-23-19-9-5-4-8-18(19)22(26)29/h1-14H,(H,24,27)(H,25,28). The summed E-state index contributed by atoms with van der Waals surface area (Å²) in [5.41, 5.74) is 4.14. The molecule has 0 saturated carbocycles. The third kappa shape index (κ3) is 3.89. The fraction of sp³-hybridized carbons (Fsp3) is 0. The summed E-state index contributed by atoms with van der Waals surface area (Å²) in [6.45, 7) is 0. The van der Waals surface area contributed by atoms with Gasteiger partial charge in [-0.2, -0.15) is 0 Å². The Bertz CT molecular complexity index is 1250. The van der Waals surface area contributed by atoms with Crippen LogP contribution >= 0.6 is 0 Å². The molecule has 0 spiro atoms. The third-order valence-corrected chi connectivity index (χ3v) is 4.33. The number of hydrogen-bond acceptors (Lipinski definition) is 4. The summed E-state index contributed by atoms with van der Waals surface area (Å²) in [7, 11) is 0. The van der Waals surface area contributed by atoms with E-state index >= 15 is 0 Å². The van der Waals surface area contributed by atoms with Gasteiger partial charge in [0, 0.05) is 16.8 Å². The number of rotatable bonds is 4. The molecule has 0 radical (unpaired) electrons. The molecular formula is C22H16N4O3. The van der Waals surface area contributed by atoms with Crippen molar-refractivity contribution in [2.75, 3.05) is 10.7 Å². The molecule has 0 unspecified atom stereocenters. The van der Waals surface area contributed by atoms with Crippen molar-refractivity contribution in [3.63, 3.8) is 0 Å². The number of amides is 2. The van der Waals surface area contributed by atoms with Gasteiger partial charge in [0.15, 0.2) is 0 Å². The second kappa shape index (κ2) is 7.77. The van der Waals surface area contributed by atoms with Crippen LogP contribution in [0.5, 0.6) is 0 Å². The fourth-order valence-electron chi connectivity index (χ4n) is 2.82. The van der Waals surface area contributed by atoms with Crippen molar-refractivity contribution in [3.05, 3.63) is 107 Å². The van der Waals surface area contributed by atoms with Gasteiger partial charge in [-0.1, -0.05) is 30.3 Å². The molecular weight excluding hydrogens is 368 g/mol. The number of nitrogens with zero attached hydrogens (tertiary/aromatic N) is 2. The normalized spacial score (nSPS) is 10.5. The summed E-state index contributed by atoms with van der Waals surface area (Å²) in [5, 5.41) is 3.18. The lowest BCUT2D eigenvalue weighted by Crippen LogP contribution is -2.33. The highest BCUT2D eigenvalue weighted by atomic mass is 16.2. The summed E-state index contributed by atoms with van der Waals surface area (Å²) in [6, 6.07) is 22.1. The van der Waals surface area contributed by atoms with Crippen LogP contribution < -0.4 is 16.3 Å². The second-order valence-corrected chi connectivity index (χ2v) is 6.28. The van der Waals surface area contributed by atoms with E-state index in [1.54, 1.807) is 72.8 Å². The van der Waals surface area contributed by atoms with Crippen molar-refractivity contribution >= 4 is 28.4 Å². The van der Waals surface area contributed by atoms with Gasteiger partial charge in [-0.3, -0.25) is 19.8 Å². The smallest absolute Gasteiger partial charge is 0.280 e. The molecule has 1 aromatic heterocycles. The highest BCUT2D eigenvalue weighted by molar-refractivity contribution is 6.05. The Morgan fingerprint density at radius 3 is 2.17 bits per heavy atom. The first-order valence-electron chi connectivity index (χ1n) is 8.86.